The van der Waals surface area contributed by atoms with E-state index in [1.54, 1.807) is 21.9 Å². The van der Waals surface area contributed by atoms with Crippen LogP contribution in [0.3, 0.4) is 0 Å². The molecule has 0 saturated carbocycles. The Hall–Kier alpha value is -2.31. The van der Waals surface area contributed by atoms with Gasteiger partial charge in [-0.25, -0.2) is 0 Å². The lowest BCUT2D eigenvalue weighted by Gasteiger charge is -2.36. The van der Waals surface area contributed by atoms with Gasteiger partial charge in [0.05, 0.1) is 6.26 Å². The maximum Gasteiger partial charge on any atom is 0.289 e. The van der Waals surface area contributed by atoms with Crippen LogP contribution in [0.5, 0.6) is 0 Å². The van der Waals surface area contributed by atoms with E-state index >= 15 is 0 Å². The fourth-order valence-corrected chi connectivity index (χ4v) is 2.94. The van der Waals surface area contributed by atoms with Gasteiger partial charge >= 0.3 is 0 Å². The first-order chi connectivity index (χ1) is 10.6. The first-order valence-electron chi connectivity index (χ1n) is 7.53. The molecule has 1 aromatic rings. The smallest absolute Gasteiger partial charge is 0.289 e. The van der Waals surface area contributed by atoms with E-state index in [4.69, 9.17) is 4.42 Å². The molecule has 2 fully saturated rings. The molecule has 3 rings (SSSR count). The summed E-state index contributed by atoms with van der Waals surface area (Å²) in [5, 5.41) is 2.73. The second-order valence-electron chi connectivity index (χ2n) is 5.63. The highest BCUT2D eigenvalue weighted by molar-refractivity contribution is 5.92. The van der Waals surface area contributed by atoms with E-state index in [0.29, 0.717) is 44.9 Å². The number of piperazine rings is 1. The van der Waals surface area contributed by atoms with Gasteiger partial charge in [0.25, 0.3) is 5.91 Å². The molecule has 118 valence electrons. The summed E-state index contributed by atoms with van der Waals surface area (Å²) in [6.07, 6.45) is 2.43. The average molecular weight is 305 g/mol. The Morgan fingerprint density at radius 3 is 2.55 bits per heavy atom. The number of piperidine rings is 1. The van der Waals surface area contributed by atoms with Crippen molar-refractivity contribution in [3.8, 4) is 0 Å². The highest BCUT2D eigenvalue weighted by Crippen LogP contribution is 2.18. The number of amides is 3. The van der Waals surface area contributed by atoms with Crippen LogP contribution in [-0.2, 0) is 9.59 Å². The molecule has 2 aliphatic rings. The number of hydrogen-bond acceptors (Lipinski definition) is 4. The summed E-state index contributed by atoms with van der Waals surface area (Å²) in [4.78, 5) is 39.4. The van der Waals surface area contributed by atoms with Crippen LogP contribution in [0, 0.1) is 5.92 Å². The fourth-order valence-electron chi connectivity index (χ4n) is 2.94. The second-order valence-corrected chi connectivity index (χ2v) is 5.63. The minimum absolute atomic E-state index is 0.0277. The van der Waals surface area contributed by atoms with Gasteiger partial charge in [0, 0.05) is 45.1 Å². The molecule has 2 aliphatic heterocycles. The van der Waals surface area contributed by atoms with Crippen LogP contribution in [0.15, 0.2) is 22.8 Å². The number of carbonyl (C=O) groups is 3. The molecule has 7 nitrogen and oxygen atoms in total. The Kier molecular flexibility index (Phi) is 4.13. The van der Waals surface area contributed by atoms with Crippen LogP contribution in [0.4, 0.5) is 0 Å². The maximum atomic E-state index is 12.4. The molecular formula is C15H19N3O4. The van der Waals surface area contributed by atoms with Gasteiger partial charge in [-0.1, -0.05) is 0 Å². The molecule has 3 heterocycles. The number of rotatable bonds is 2. The molecule has 1 unspecified atom stereocenters. The van der Waals surface area contributed by atoms with E-state index in [-0.39, 0.29) is 30.1 Å². The number of carbonyl (C=O) groups excluding carboxylic acids is 3. The normalized spacial score (nSPS) is 22.4. The zero-order valence-corrected chi connectivity index (χ0v) is 12.3. The molecule has 1 aromatic heterocycles. The standard InChI is InChI=1S/C15H19N3O4/c19-13-10-11(3-4-16-13)14(20)17-5-7-18(8-6-17)15(21)12-2-1-9-22-12/h1-2,9,11H,3-8,10H2,(H,16,19). The number of nitrogens with one attached hydrogen (secondary N) is 1. The first-order valence-corrected chi connectivity index (χ1v) is 7.53. The van der Waals surface area contributed by atoms with Crippen molar-refractivity contribution in [1.82, 2.24) is 15.1 Å². The molecule has 22 heavy (non-hydrogen) atoms. The topological polar surface area (TPSA) is 82.9 Å². The Labute approximate surface area is 128 Å². The van der Waals surface area contributed by atoms with Crippen LogP contribution < -0.4 is 5.32 Å². The van der Waals surface area contributed by atoms with Crippen molar-refractivity contribution in [2.45, 2.75) is 12.8 Å². The zero-order valence-electron chi connectivity index (χ0n) is 12.3. The lowest BCUT2D eigenvalue weighted by molar-refractivity contribution is -0.141. The third kappa shape index (κ3) is 2.98. The lowest BCUT2D eigenvalue weighted by Crippen LogP contribution is -2.53. The highest BCUT2D eigenvalue weighted by Gasteiger charge is 2.32. The quantitative estimate of drug-likeness (QED) is 0.839. The second kappa shape index (κ2) is 6.21. The predicted molar refractivity (Wildman–Crippen MR) is 76.9 cm³/mol. The lowest BCUT2D eigenvalue weighted by atomic mass is 9.95. The van der Waals surface area contributed by atoms with E-state index in [1.807, 2.05) is 0 Å². The van der Waals surface area contributed by atoms with Crippen molar-refractivity contribution in [1.29, 1.82) is 0 Å². The predicted octanol–water partition coefficient (Wildman–Crippen LogP) is 0.0902. The monoisotopic (exact) mass is 305 g/mol. The molecule has 1 atom stereocenters. The van der Waals surface area contributed by atoms with Crippen LogP contribution in [0.1, 0.15) is 23.4 Å². The van der Waals surface area contributed by atoms with Crippen molar-refractivity contribution < 1.29 is 18.8 Å². The van der Waals surface area contributed by atoms with E-state index < -0.39 is 0 Å². The minimum atomic E-state index is -0.221. The van der Waals surface area contributed by atoms with Gasteiger partial charge in [0.15, 0.2) is 5.76 Å². The number of furan rings is 1. The van der Waals surface area contributed by atoms with Crippen LogP contribution in [-0.4, -0.2) is 60.2 Å². The van der Waals surface area contributed by atoms with Crippen molar-refractivity contribution in [3.05, 3.63) is 24.2 Å². The first kappa shape index (κ1) is 14.6. The summed E-state index contributed by atoms with van der Waals surface area (Å²) in [5.74, 6) is -0.0740. The van der Waals surface area contributed by atoms with Gasteiger partial charge < -0.3 is 19.5 Å². The van der Waals surface area contributed by atoms with Crippen molar-refractivity contribution in [3.63, 3.8) is 0 Å². The molecular weight excluding hydrogens is 286 g/mol. The van der Waals surface area contributed by atoms with Crippen LogP contribution in [0.25, 0.3) is 0 Å². The summed E-state index contributed by atoms with van der Waals surface area (Å²) >= 11 is 0. The molecule has 0 radical (unpaired) electrons. The molecule has 1 N–H and O–H groups in total. The zero-order chi connectivity index (χ0) is 15.5. The minimum Gasteiger partial charge on any atom is -0.459 e. The van der Waals surface area contributed by atoms with E-state index in [1.165, 1.54) is 6.26 Å². The van der Waals surface area contributed by atoms with E-state index in [2.05, 4.69) is 5.32 Å². The van der Waals surface area contributed by atoms with Gasteiger partial charge in [0.1, 0.15) is 0 Å². The van der Waals surface area contributed by atoms with Crippen molar-refractivity contribution >= 4 is 17.7 Å². The van der Waals surface area contributed by atoms with E-state index in [9.17, 15) is 14.4 Å². The molecule has 3 amide bonds. The van der Waals surface area contributed by atoms with Crippen LogP contribution >= 0.6 is 0 Å². The molecule has 0 aromatic carbocycles. The Balaban J connectivity index is 1.54. The van der Waals surface area contributed by atoms with Gasteiger partial charge in [-0.3, -0.25) is 14.4 Å². The number of nitrogens with zero attached hydrogens (tertiary/aromatic N) is 2. The summed E-state index contributed by atoms with van der Waals surface area (Å²) in [7, 11) is 0. The van der Waals surface area contributed by atoms with Crippen LogP contribution in [0.2, 0.25) is 0 Å². The average Bonchev–Trinajstić information content (AvgIpc) is 3.08. The molecule has 0 bridgehead atoms. The Bertz CT molecular complexity index is 561. The highest BCUT2D eigenvalue weighted by atomic mass is 16.3. The SMILES string of the molecule is O=C1CC(C(=O)N2CCN(C(=O)c3ccco3)CC2)CCN1. The fraction of sp³-hybridized carbons (Fsp3) is 0.533. The molecule has 0 aliphatic carbocycles. The third-order valence-electron chi connectivity index (χ3n) is 4.21. The molecule has 7 heteroatoms. The number of hydrogen-bond donors (Lipinski definition) is 1. The summed E-state index contributed by atoms with van der Waals surface area (Å²) in [5.41, 5.74) is 0. The van der Waals surface area contributed by atoms with Gasteiger partial charge in [-0.15, -0.1) is 0 Å². The Morgan fingerprint density at radius 2 is 1.91 bits per heavy atom. The molecule has 0 spiro atoms. The summed E-state index contributed by atoms with van der Waals surface area (Å²) < 4.78 is 5.11. The summed E-state index contributed by atoms with van der Waals surface area (Å²) in [6.45, 7) is 2.55. The largest absolute Gasteiger partial charge is 0.459 e. The van der Waals surface area contributed by atoms with Gasteiger partial charge in [-0.2, -0.15) is 0 Å². The maximum absolute atomic E-state index is 12.4. The van der Waals surface area contributed by atoms with Gasteiger partial charge in [0.2, 0.25) is 11.8 Å². The van der Waals surface area contributed by atoms with Crippen molar-refractivity contribution in [2.75, 3.05) is 32.7 Å². The molecule has 2 saturated heterocycles. The van der Waals surface area contributed by atoms with Gasteiger partial charge in [-0.05, 0) is 18.6 Å². The summed E-state index contributed by atoms with van der Waals surface area (Å²) in [6, 6.07) is 3.32. The third-order valence-corrected chi connectivity index (χ3v) is 4.21. The Morgan fingerprint density at radius 1 is 1.18 bits per heavy atom. The van der Waals surface area contributed by atoms with E-state index in [0.717, 1.165) is 0 Å². The van der Waals surface area contributed by atoms with Crippen molar-refractivity contribution in [2.24, 2.45) is 5.92 Å².